The van der Waals surface area contributed by atoms with Crippen molar-refractivity contribution < 1.29 is 9.53 Å². The zero-order valence-electron chi connectivity index (χ0n) is 16.8. The Morgan fingerprint density at radius 2 is 1.70 bits per heavy atom. The number of carbonyl (C=O) groups is 1. The van der Waals surface area contributed by atoms with Gasteiger partial charge in [-0.3, -0.25) is 4.79 Å². The third kappa shape index (κ3) is 4.00. The summed E-state index contributed by atoms with van der Waals surface area (Å²) in [5, 5.41) is 1.47. The summed E-state index contributed by atoms with van der Waals surface area (Å²) in [7, 11) is 3.42. The van der Waals surface area contributed by atoms with E-state index in [2.05, 4.69) is 0 Å². The molecular formula is C25H21ClN2O2. The molecule has 3 aromatic carbocycles. The van der Waals surface area contributed by atoms with Crippen LogP contribution in [-0.2, 0) is 6.54 Å². The number of nitrogens with zero attached hydrogens (tertiary/aromatic N) is 2. The Hall–Kier alpha value is -3.37. The van der Waals surface area contributed by atoms with Crippen LogP contribution in [0.3, 0.4) is 0 Å². The van der Waals surface area contributed by atoms with Crippen molar-refractivity contribution in [2.75, 3.05) is 14.2 Å². The van der Waals surface area contributed by atoms with E-state index in [1.165, 1.54) is 0 Å². The van der Waals surface area contributed by atoms with E-state index in [0.717, 1.165) is 33.5 Å². The molecule has 0 aliphatic rings. The van der Waals surface area contributed by atoms with Gasteiger partial charge in [-0.25, -0.2) is 4.98 Å². The van der Waals surface area contributed by atoms with Gasteiger partial charge in [-0.05, 0) is 48.0 Å². The molecule has 4 nitrogen and oxygen atoms in total. The fourth-order valence-corrected chi connectivity index (χ4v) is 3.62. The number of pyridine rings is 1. The van der Waals surface area contributed by atoms with Crippen molar-refractivity contribution in [3.8, 4) is 17.0 Å². The summed E-state index contributed by atoms with van der Waals surface area (Å²) >= 11 is 6.29. The standard InChI is InChI=1S/C25H21ClN2O2/c1-28(16-18-7-3-5-9-22(18)26)25(29)21-15-24(17-11-13-19(30-2)14-12-17)27-23-10-6-4-8-20(21)23/h3-15H,16H2,1-2H3. The van der Waals surface area contributed by atoms with Gasteiger partial charge in [-0.2, -0.15) is 0 Å². The van der Waals surface area contributed by atoms with Crippen LogP contribution in [0.15, 0.2) is 78.9 Å². The molecule has 0 saturated heterocycles. The Morgan fingerprint density at radius 3 is 2.43 bits per heavy atom. The number of para-hydroxylation sites is 1. The first-order chi connectivity index (χ1) is 14.6. The minimum absolute atomic E-state index is 0.0803. The van der Waals surface area contributed by atoms with Gasteiger partial charge in [-0.1, -0.05) is 48.0 Å². The minimum Gasteiger partial charge on any atom is -0.497 e. The lowest BCUT2D eigenvalue weighted by Crippen LogP contribution is -2.26. The van der Waals surface area contributed by atoms with Gasteiger partial charge >= 0.3 is 0 Å². The normalized spacial score (nSPS) is 10.8. The van der Waals surface area contributed by atoms with Crippen LogP contribution >= 0.6 is 11.6 Å². The first-order valence-corrected chi connectivity index (χ1v) is 9.97. The van der Waals surface area contributed by atoms with Crippen molar-refractivity contribution in [3.05, 3.63) is 95.0 Å². The van der Waals surface area contributed by atoms with Gasteiger partial charge < -0.3 is 9.64 Å². The molecule has 0 aliphatic carbocycles. The summed E-state index contributed by atoms with van der Waals surface area (Å²) in [6.07, 6.45) is 0. The molecule has 5 heteroatoms. The highest BCUT2D eigenvalue weighted by atomic mass is 35.5. The SMILES string of the molecule is COc1ccc(-c2cc(C(=O)N(C)Cc3ccccc3Cl)c3ccccc3n2)cc1. The van der Waals surface area contributed by atoms with E-state index in [9.17, 15) is 4.79 Å². The molecule has 0 bridgehead atoms. The number of halogens is 1. The van der Waals surface area contributed by atoms with Gasteiger partial charge in [-0.15, -0.1) is 0 Å². The van der Waals surface area contributed by atoms with Crippen LogP contribution in [0.4, 0.5) is 0 Å². The van der Waals surface area contributed by atoms with Crippen molar-refractivity contribution in [3.63, 3.8) is 0 Å². The molecule has 4 aromatic rings. The molecule has 1 heterocycles. The summed E-state index contributed by atoms with van der Waals surface area (Å²) in [5.41, 5.74) is 3.96. The van der Waals surface area contributed by atoms with Crippen molar-refractivity contribution >= 4 is 28.4 Å². The fraction of sp³-hybridized carbons (Fsp3) is 0.120. The van der Waals surface area contributed by atoms with Crippen molar-refractivity contribution in [1.82, 2.24) is 9.88 Å². The molecule has 0 unspecified atom stereocenters. The van der Waals surface area contributed by atoms with Gasteiger partial charge in [0.05, 0.1) is 23.9 Å². The second kappa shape index (κ2) is 8.56. The molecule has 4 rings (SSSR count). The Balaban J connectivity index is 1.74. The monoisotopic (exact) mass is 416 g/mol. The summed E-state index contributed by atoms with van der Waals surface area (Å²) in [6.45, 7) is 0.424. The number of fused-ring (bicyclic) bond motifs is 1. The number of carbonyl (C=O) groups excluding carboxylic acids is 1. The zero-order valence-corrected chi connectivity index (χ0v) is 17.6. The number of rotatable bonds is 5. The Bertz CT molecular complexity index is 1210. The lowest BCUT2D eigenvalue weighted by molar-refractivity contribution is 0.0787. The number of hydrogen-bond donors (Lipinski definition) is 0. The third-order valence-electron chi connectivity index (χ3n) is 5.04. The third-order valence-corrected chi connectivity index (χ3v) is 5.41. The predicted molar refractivity (Wildman–Crippen MR) is 121 cm³/mol. The maximum Gasteiger partial charge on any atom is 0.254 e. The highest BCUT2D eigenvalue weighted by Gasteiger charge is 2.18. The second-order valence-corrected chi connectivity index (χ2v) is 7.46. The van der Waals surface area contributed by atoms with Gasteiger partial charge in [0.2, 0.25) is 0 Å². The van der Waals surface area contributed by atoms with Gasteiger partial charge in [0, 0.05) is 29.6 Å². The summed E-state index contributed by atoms with van der Waals surface area (Å²) in [5.74, 6) is 0.693. The van der Waals surface area contributed by atoms with E-state index in [1.807, 2.05) is 78.9 Å². The summed E-state index contributed by atoms with van der Waals surface area (Å²) < 4.78 is 5.24. The average Bonchev–Trinajstić information content (AvgIpc) is 2.79. The number of ether oxygens (including phenoxy) is 1. The molecule has 0 spiro atoms. The Morgan fingerprint density at radius 1 is 1.00 bits per heavy atom. The van der Waals surface area contributed by atoms with Gasteiger partial charge in [0.1, 0.15) is 5.75 Å². The molecule has 1 amide bonds. The largest absolute Gasteiger partial charge is 0.497 e. The number of methoxy groups -OCH3 is 1. The van der Waals surface area contributed by atoms with Crippen molar-refractivity contribution in [2.45, 2.75) is 6.54 Å². The lowest BCUT2D eigenvalue weighted by atomic mass is 10.0. The Labute approximate surface area is 180 Å². The number of amides is 1. The van der Waals surface area contributed by atoms with Gasteiger partial charge in [0.25, 0.3) is 5.91 Å². The van der Waals surface area contributed by atoms with Crippen LogP contribution in [0.25, 0.3) is 22.2 Å². The molecule has 30 heavy (non-hydrogen) atoms. The fourth-order valence-electron chi connectivity index (χ4n) is 3.42. The van der Waals surface area contributed by atoms with E-state index in [4.69, 9.17) is 21.3 Å². The van der Waals surface area contributed by atoms with Crippen LogP contribution in [-0.4, -0.2) is 29.9 Å². The molecule has 150 valence electrons. The van der Waals surface area contributed by atoms with E-state index in [-0.39, 0.29) is 5.91 Å². The van der Waals surface area contributed by atoms with Crippen LogP contribution in [0, 0.1) is 0 Å². The van der Waals surface area contributed by atoms with Gasteiger partial charge in [0.15, 0.2) is 0 Å². The number of aromatic nitrogens is 1. The highest BCUT2D eigenvalue weighted by Crippen LogP contribution is 2.27. The highest BCUT2D eigenvalue weighted by molar-refractivity contribution is 6.31. The molecule has 0 aliphatic heterocycles. The van der Waals surface area contributed by atoms with Crippen LogP contribution in [0.5, 0.6) is 5.75 Å². The number of benzene rings is 3. The smallest absolute Gasteiger partial charge is 0.254 e. The van der Waals surface area contributed by atoms with Crippen LogP contribution < -0.4 is 4.74 Å². The maximum absolute atomic E-state index is 13.4. The molecule has 0 radical (unpaired) electrons. The van der Waals surface area contributed by atoms with Crippen LogP contribution in [0.2, 0.25) is 5.02 Å². The van der Waals surface area contributed by atoms with E-state index in [0.29, 0.717) is 17.1 Å². The van der Waals surface area contributed by atoms with E-state index in [1.54, 1.807) is 19.1 Å². The molecule has 0 N–H and O–H groups in total. The predicted octanol–water partition coefficient (Wildman–Crippen LogP) is 5.84. The van der Waals surface area contributed by atoms with Crippen LogP contribution in [0.1, 0.15) is 15.9 Å². The molecule has 0 atom stereocenters. The maximum atomic E-state index is 13.4. The second-order valence-electron chi connectivity index (χ2n) is 7.05. The molecular weight excluding hydrogens is 396 g/mol. The molecule has 0 saturated carbocycles. The van der Waals surface area contributed by atoms with E-state index >= 15 is 0 Å². The molecule has 1 aromatic heterocycles. The zero-order chi connectivity index (χ0) is 21.1. The average molecular weight is 417 g/mol. The summed E-state index contributed by atoms with van der Waals surface area (Å²) in [4.78, 5) is 19.8. The van der Waals surface area contributed by atoms with Crippen molar-refractivity contribution in [1.29, 1.82) is 0 Å². The quantitative estimate of drug-likeness (QED) is 0.410. The summed E-state index contributed by atoms with van der Waals surface area (Å²) in [6, 6.07) is 24.8. The minimum atomic E-state index is -0.0803. The first-order valence-electron chi connectivity index (χ1n) is 9.60. The Kier molecular flexibility index (Phi) is 5.68. The lowest BCUT2D eigenvalue weighted by Gasteiger charge is -2.19. The first kappa shape index (κ1) is 19.9. The van der Waals surface area contributed by atoms with E-state index < -0.39 is 0 Å². The molecule has 0 fully saturated rings. The topological polar surface area (TPSA) is 42.4 Å². The number of hydrogen-bond acceptors (Lipinski definition) is 3. The van der Waals surface area contributed by atoms with Crippen molar-refractivity contribution in [2.24, 2.45) is 0 Å².